The van der Waals surface area contributed by atoms with E-state index in [9.17, 15) is 9.59 Å². The zero-order valence-electron chi connectivity index (χ0n) is 12.8. The molecule has 114 valence electrons. The monoisotopic (exact) mass is 281 g/mol. The fourth-order valence-corrected chi connectivity index (χ4v) is 3.72. The van der Waals surface area contributed by atoms with E-state index in [0.717, 1.165) is 51.5 Å². The van der Waals surface area contributed by atoms with Gasteiger partial charge >= 0.3 is 5.97 Å². The van der Waals surface area contributed by atoms with Crippen LogP contribution in [0.5, 0.6) is 0 Å². The number of esters is 1. The Morgan fingerprint density at radius 3 is 2.50 bits per heavy atom. The fraction of sp³-hybridized carbons (Fsp3) is 0.875. The molecule has 1 saturated heterocycles. The second kappa shape index (κ2) is 6.59. The van der Waals surface area contributed by atoms with Gasteiger partial charge in [0.25, 0.3) is 0 Å². The standard InChI is InChI=1S/C16H27NO3/c1-3-16(9-5-6-10-16)15(19)17-11-7-8-13(12-17)14(18)20-4-2/h13H,3-12H2,1-2H3. The van der Waals surface area contributed by atoms with Crippen LogP contribution in [0.25, 0.3) is 0 Å². The lowest BCUT2D eigenvalue weighted by Gasteiger charge is -2.38. The van der Waals surface area contributed by atoms with Gasteiger partial charge in [-0.15, -0.1) is 0 Å². The van der Waals surface area contributed by atoms with Crippen molar-refractivity contribution in [1.29, 1.82) is 0 Å². The first-order valence-electron chi connectivity index (χ1n) is 8.09. The molecular weight excluding hydrogens is 254 g/mol. The van der Waals surface area contributed by atoms with Gasteiger partial charge in [0, 0.05) is 18.5 Å². The van der Waals surface area contributed by atoms with Crippen molar-refractivity contribution in [3.8, 4) is 0 Å². The first kappa shape index (κ1) is 15.3. The molecule has 4 heteroatoms. The summed E-state index contributed by atoms with van der Waals surface area (Å²) in [5.74, 6) is 0.0245. The summed E-state index contributed by atoms with van der Waals surface area (Å²) in [6.07, 6.45) is 7.04. The van der Waals surface area contributed by atoms with Crippen LogP contribution in [0.1, 0.15) is 58.8 Å². The molecule has 0 radical (unpaired) electrons. The van der Waals surface area contributed by atoms with Crippen LogP contribution >= 0.6 is 0 Å². The summed E-state index contributed by atoms with van der Waals surface area (Å²) in [5, 5.41) is 0. The van der Waals surface area contributed by atoms with E-state index in [-0.39, 0.29) is 23.2 Å². The molecule has 0 bridgehead atoms. The van der Waals surface area contributed by atoms with E-state index in [1.54, 1.807) is 0 Å². The molecule has 0 aromatic carbocycles. The van der Waals surface area contributed by atoms with Crippen molar-refractivity contribution >= 4 is 11.9 Å². The first-order valence-corrected chi connectivity index (χ1v) is 8.09. The molecule has 1 aliphatic carbocycles. The summed E-state index contributed by atoms with van der Waals surface area (Å²) in [6, 6.07) is 0. The van der Waals surface area contributed by atoms with Gasteiger partial charge in [-0.3, -0.25) is 9.59 Å². The van der Waals surface area contributed by atoms with Gasteiger partial charge < -0.3 is 9.64 Å². The molecule has 2 aliphatic rings. The maximum Gasteiger partial charge on any atom is 0.310 e. The summed E-state index contributed by atoms with van der Waals surface area (Å²) in [7, 11) is 0. The highest BCUT2D eigenvalue weighted by molar-refractivity contribution is 5.84. The number of hydrogen-bond acceptors (Lipinski definition) is 3. The van der Waals surface area contributed by atoms with Crippen molar-refractivity contribution in [2.24, 2.45) is 11.3 Å². The molecule has 20 heavy (non-hydrogen) atoms. The normalized spacial score (nSPS) is 25.5. The van der Waals surface area contributed by atoms with E-state index >= 15 is 0 Å². The minimum absolute atomic E-state index is 0.122. The molecule has 0 spiro atoms. The van der Waals surface area contributed by atoms with E-state index < -0.39 is 0 Å². The summed E-state index contributed by atoms with van der Waals surface area (Å²) in [4.78, 5) is 26.7. The zero-order chi connectivity index (χ0) is 14.6. The molecular formula is C16H27NO3. The Labute approximate surface area is 121 Å². The highest BCUT2D eigenvalue weighted by Crippen LogP contribution is 2.43. The number of amides is 1. The summed E-state index contributed by atoms with van der Waals surface area (Å²) < 4.78 is 5.11. The molecule has 2 rings (SSSR count). The van der Waals surface area contributed by atoms with Crippen molar-refractivity contribution in [3.05, 3.63) is 0 Å². The Bertz CT molecular complexity index is 361. The number of ether oxygens (including phenoxy) is 1. The Kier molecular flexibility index (Phi) is 5.06. The van der Waals surface area contributed by atoms with Crippen LogP contribution in [0.15, 0.2) is 0 Å². The quantitative estimate of drug-likeness (QED) is 0.744. The minimum Gasteiger partial charge on any atom is -0.466 e. The Morgan fingerprint density at radius 2 is 1.90 bits per heavy atom. The SMILES string of the molecule is CCOC(=O)C1CCCN(C(=O)C2(CC)CCCC2)C1. The average molecular weight is 281 g/mol. The molecule has 1 aliphatic heterocycles. The third kappa shape index (κ3) is 2.99. The second-order valence-electron chi connectivity index (χ2n) is 6.18. The van der Waals surface area contributed by atoms with E-state index in [2.05, 4.69) is 6.92 Å². The predicted octanol–water partition coefficient (Wildman–Crippen LogP) is 2.76. The van der Waals surface area contributed by atoms with Crippen molar-refractivity contribution < 1.29 is 14.3 Å². The maximum atomic E-state index is 12.9. The number of piperidine rings is 1. The zero-order valence-corrected chi connectivity index (χ0v) is 12.8. The number of rotatable bonds is 4. The highest BCUT2D eigenvalue weighted by atomic mass is 16.5. The lowest BCUT2D eigenvalue weighted by molar-refractivity contribution is -0.153. The van der Waals surface area contributed by atoms with Gasteiger partial charge in [-0.1, -0.05) is 19.8 Å². The number of nitrogens with zero attached hydrogens (tertiary/aromatic N) is 1. The maximum absolute atomic E-state index is 12.9. The molecule has 1 saturated carbocycles. The number of hydrogen-bond donors (Lipinski definition) is 0. The number of likely N-dealkylation sites (tertiary alicyclic amines) is 1. The van der Waals surface area contributed by atoms with E-state index in [0.29, 0.717) is 13.2 Å². The highest BCUT2D eigenvalue weighted by Gasteiger charge is 2.43. The molecule has 1 heterocycles. The van der Waals surface area contributed by atoms with E-state index in [4.69, 9.17) is 4.74 Å². The lowest BCUT2D eigenvalue weighted by atomic mass is 9.81. The van der Waals surface area contributed by atoms with Crippen LogP contribution in [0.2, 0.25) is 0 Å². The van der Waals surface area contributed by atoms with Gasteiger partial charge in [0.05, 0.1) is 12.5 Å². The van der Waals surface area contributed by atoms with Gasteiger partial charge in [-0.25, -0.2) is 0 Å². The molecule has 0 aromatic heterocycles. The summed E-state index contributed by atoms with van der Waals surface area (Å²) in [6.45, 7) is 5.72. The molecule has 4 nitrogen and oxygen atoms in total. The van der Waals surface area contributed by atoms with E-state index in [1.807, 2.05) is 11.8 Å². The van der Waals surface area contributed by atoms with Crippen LogP contribution in [0.4, 0.5) is 0 Å². The number of carbonyl (C=O) groups excluding carboxylic acids is 2. The largest absolute Gasteiger partial charge is 0.466 e. The van der Waals surface area contributed by atoms with Crippen LogP contribution in [-0.4, -0.2) is 36.5 Å². The predicted molar refractivity (Wildman–Crippen MR) is 77.1 cm³/mol. The third-order valence-corrected chi connectivity index (χ3v) is 5.02. The molecule has 0 N–H and O–H groups in total. The van der Waals surface area contributed by atoms with Crippen LogP contribution in [0.3, 0.4) is 0 Å². The fourth-order valence-electron chi connectivity index (χ4n) is 3.72. The van der Waals surface area contributed by atoms with Crippen LogP contribution < -0.4 is 0 Å². The average Bonchev–Trinajstić information content (AvgIpc) is 2.97. The van der Waals surface area contributed by atoms with Crippen molar-refractivity contribution in [2.75, 3.05) is 19.7 Å². The smallest absolute Gasteiger partial charge is 0.310 e. The summed E-state index contributed by atoms with van der Waals surface area (Å²) in [5.41, 5.74) is -0.142. The number of carbonyl (C=O) groups is 2. The first-order chi connectivity index (χ1) is 9.63. The second-order valence-corrected chi connectivity index (χ2v) is 6.18. The Balaban J connectivity index is 2.01. The van der Waals surface area contributed by atoms with Gasteiger partial charge in [0.1, 0.15) is 0 Å². The molecule has 0 aromatic rings. The summed E-state index contributed by atoms with van der Waals surface area (Å²) >= 11 is 0. The topological polar surface area (TPSA) is 46.6 Å². The van der Waals surface area contributed by atoms with Gasteiger partial charge in [0.2, 0.25) is 5.91 Å². The Morgan fingerprint density at radius 1 is 1.20 bits per heavy atom. The molecule has 2 fully saturated rings. The van der Waals surface area contributed by atoms with Crippen molar-refractivity contribution in [2.45, 2.75) is 58.8 Å². The third-order valence-electron chi connectivity index (χ3n) is 5.02. The van der Waals surface area contributed by atoms with Gasteiger partial charge in [0.15, 0.2) is 0 Å². The lowest BCUT2D eigenvalue weighted by Crippen LogP contribution is -2.48. The van der Waals surface area contributed by atoms with Gasteiger partial charge in [-0.05, 0) is 39.0 Å². The minimum atomic E-state index is -0.142. The van der Waals surface area contributed by atoms with Crippen molar-refractivity contribution in [3.63, 3.8) is 0 Å². The van der Waals surface area contributed by atoms with E-state index in [1.165, 1.54) is 0 Å². The molecule has 1 atom stereocenters. The molecule has 1 amide bonds. The Hall–Kier alpha value is -1.06. The van der Waals surface area contributed by atoms with Crippen LogP contribution in [0, 0.1) is 11.3 Å². The van der Waals surface area contributed by atoms with Crippen molar-refractivity contribution in [1.82, 2.24) is 4.90 Å². The van der Waals surface area contributed by atoms with Crippen LogP contribution in [-0.2, 0) is 14.3 Å². The van der Waals surface area contributed by atoms with Gasteiger partial charge in [-0.2, -0.15) is 0 Å². The molecule has 1 unspecified atom stereocenters.